The predicted molar refractivity (Wildman–Crippen MR) is 45.7 cm³/mol. The Bertz CT molecular complexity index is 246. The average Bonchev–Trinajstić information content (AvgIpc) is 2.50. The number of hydrogen-bond acceptors (Lipinski definition) is 3. The quantitative estimate of drug-likeness (QED) is 0.684. The summed E-state index contributed by atoms with van der Waals surface area (Å²) in [6.45, 7) is 1.39. The zero-order chi connectivity index (χ0) is 7.68. The molecule has 3 heteroatoms. The van der Waals surface area contributed by atoms with Crippen molar-refractivity contribution in [2.45, 2.75) is 19.1 Å². The summed E-state index contributed by atoms with van der Waals surface area (Å²) in [5.74, 6) is 0. The maximum atomic E-state index is 5.51. The Kier molecular flexibility index (Phi) is 1.94. The summed E-state index contributed by atoms with van der Waals surface area (Å²) in [6, 6.07) is 2.17. The second-order valence-corrected chi connectivity index (χ2v) is 3.74. The van der Waals surface area contributed by atoms with Crippen molar-refractivity contribution < 1.29 is 4.74 Å². The van der Waals surface area contributed by atoms with Gasteiger partial charge in [-0.2, -0.15) is 0 Å². The van der Waals surface area contributed by atoms with Gasteiger partial charge in [0.1, 0.15) is 0 Å². The van der Waals surface area contributed by atoms with Gasteiger partial charge in [0.15, 0.2) is 0 Å². The average molecular weight is 169 g/mol. The fraction of sp³-hybridized carbons (Fsp3) is 0.500. The number of thiophene rings is 1. The molecule has 11 heavy (non-hydrogen) atoms. The molecule has 0 amide bonds. The third-order valence-corrected chi connectivity index (χ3v) is 2.94. The number of rotatable bonds is 1. The van der Waals surface area contributed by atoms with Crippen LogP contribution in [0.15, 0.2) is 11.4 Å². The van der Waals surface area contributed by atoms with Crippen molar-refractivity contribution in [3.8, 4) is 0 Å². The minimum atomic E-state index is 0.247. The largest absolute Gasteiger partial charge is 0.371 e. The summed E-state index contributed by atoms with van der Waals surface area (Å²) in [6.07, 6.45) is 1.24. The van der Waals surface area contributed by atoms with E-state index in [0.29, 0.717) is 6.54 Å². The molecule has 1 unspecified atom stereocenters. The first kappa shape index (κ1) is 7.28. The highest BCUT2D eigenvalue weighted by Crippen LogP contribution is 2.24. The smallest absolute Gasteiger partial charge is 0.0816 e. The molecule has 0 spiro atoms. The fourth-order valence-electron chi connectivity index (χ4n) is 1.32. The predicted octanol–water partition coefficient (Wildman–Crippen LogP) is 1.15. The van der Waals surface area contributed by atoms with Crippen LogP contribution in [-0.4, -0.2) is 12.6 Å². The minimum absolute atomic E-state index is 0.247. The highest BCUT2D eigenvalue weighted by Gasteiger charge is 2.17. The highest BCUT2D eigenvalue weighted by molar-refractivity contribution is 7.10. The van der Waals surface area contributed by atoms with Crippen LogP contribution in [0.2, 0.25) is 0 Å². The third-order valence-electron chi connectivity index (χ3n) is 2.00. The zero-order valence-corrected chi connectivity index (χ0v) is 7.06. The van der Waals surface area contributed by atoms with E-state index >= 15 is 0 Å². The lowest BCUT2D eigenvalue weighted by atomic mass is 10.1. The molecule has 2 N–H and O–H groups in total. The van der Waals surface area contributed by atoms with Gasteiger partial charge in [-0.25, -0.2) is 0 Å². The molecule has 0 aliphatic carbocycles. The molecule has 1 aromatic heterocycles. The van der Waals surface area contributed by atoms with Crippen LogP contribution in [-0.2, 0) is 17.8 Å². The van der Waals surface area contributed by atoms with E-state index in [-0.39, 0.29) is 6.10 Å². The van der Waals surface area contributed by atoms with E-state index in [1.165, 1.54) is 10.4 Å². The normalized spacial score (nSPS) is 23.2. The van der Waals surface area contributed by atoms with Crippen LogP contribution in [0.5, 0.6) is 0 Å². The van der Waals surface area contributed by atoms with E-state index in [2.05, 4.69) is 11.4 Å². The van der Waals surface area contributed by atoms with Gasteiger partial charge in [-0.3, -0.25) is 0 Å². The second-order valence-electron chi connectivity index (χ2n) is 2.74. The molecule has 0 fully saturated rings. The van der Waals surface area contributed by atoms with Gasteiger partial charge >= 0.3 is 0 Å². The fourth-order valence-corrected chi connectivity index (χ4v) is 2.16. The van der Waals surface area contributed by atoms with Gasteiger partial charge in [0.25, 0.3) is 0 Å². The van der Waals surface area contributed by atoms with Gasteiger partial charge in [0, 0.05) is 17.8 Å². The number of hydrogen-bond donors (Lipinski definition) is 1. The molecule has 1 atom stereocenters. The van der Waals surface area contributed by atoms with Gasteiger partial charge < -0.3 is 10.5 Å². The standard InChI is InChI=1S/C8H11NOS/c9-4-7-3-6-1-2-11-8(6)5-10-7/h1-2,7H,3-5,9H2. The number of ether oxygens (including phenoxy) is 1. The van der Waals surface area contributed by atoms with Crippen LogP contribution in [0, 0.1) is 0 Å². The maximum Gasteiger partial charge on any atom is 0.0816 e. The van der Waals surface area contributed by atoms with E-state index in [9.17, 15) is 0 Å². The molecule has 0 saturated heterocycles. The molecule has 2 rings (SSSR count). The highest BCUT2D eigenvalue weighted by atomic mass is 32.1. The van der Waals surface area contributed by atoms with E-state index < -0.39 is 0 Å². The summed E-state index contributed by atoms with van der Waals surface area (Å²) < 4.78 is 5.50. The third kappa shape index (κ3) is 1.31. The molecular weight excluding hydrogens is 158 g/mol. The van der Waals surface area contributed by atoms with Crippen LogP contribution in [0.1, 0.15) is 10.4 Å². The zero-order valence-electron chi connectivity index (χ0n) is 6.25. The van der Waals surface area contributed by atoms with Gasteiger partial charge in [-0.1, -0.05) is 0 Å². The Hall–Kier alpha value is -0.380. The summed E-state index contributed by atoms with van der Waals surface area (Å²) in [7, 11) is 0. The lowest BCUT2D eigenvalue weighted by Gasteiger charge is -2.21. The van der Waals surface area contributed by atoms with E-state index in [0.717, 1.165) is 13.0 Å². The van der Waals surface area contributed by atoms with Gasteiger partial charge in [-0.05, 0) is 17.0 Å². The number of nitrogens with two attached hydrogens (primary N) is 1. The Morgan fingerprint density at radius 3 is 3.45 bits per heavy atom. The van der Waals surface area contributed by atoms with Crippen LogP contribution in [0.4, 0.5) is 0 Å². The van der Waals surface area contributed by atoms with Crippen LogP contribution < -0.4 is 5.73 Å². The number of fused-ring (bicyclic) bond motifs is 1. The topological polar surface area (TPSA) is 35.2 Å². The molecule has 2 heterocycles. The molecular formula is C8H11NOS. The summed E-state index contributed by atoms with van der Waals surface area (Å²) in [4.78, 5) is 1.37. The van der Waals surface area contributed by atoms with Crippen LogP contribution in [0.25, 0.3) is 0 Å². The Balaban J connectivity index is 2.18. The van der Waals surface area contributed by atoms with Gasteiger partial charge in [0.2, 0.25) is 0 Å². The first-order valence-corrected chi connectivity index (χ1v) is 4.65. The molecule has 0 saturated carbocycles. The van der Waals surface area contributed by atoms with Crippen molar-refractivity contribution in [2.75, 3.05) is 6.54 Å². The SMILES string of the molecule is NCC1Cc2ccsc2CO1. The lowest BCUT2D eigenvalue weighted by Crippen LogP contribution is -2.28. The van der Waals surface area contributed by atoms with Crippen molar-refractivity contribution in [2.24, 2.45) is 5.73 Å². The summed E-state index contributed by atoms with van der Waals surface area (Å²) >= 11 is 1.77. The second kappa shape index (κ2) is 2.93. The van der Waals surface area contributed by atoms with Crippen molar-refractivity contribution in [1.29, 1.82) is 0 Å². The molecule has 1 aliphatic rings. The first-order valence-electron chi connectivity index (χ1n) is 3.77. The summed E-state index contributed by atoms with van der Waals surface area (Å²) in [5, 5.41) is 2.12. The minimum Gasteiger partial charge on any atom is -0.371 e. The Labute approximate surface area is 70.0 Å². The van der Waals surface area contributed by atoms with Crippen molar-refractivity contribution in [3.63, 3.8) is 0 Å². The molecule has 2 nitrogen and oxygen atoms in total. The van der Waals surface area contributed by atoms with Crippen LogP contribution >= 0.6 is 11.3 Å². The molecule has 1 aromatic rings. The van der Waals surface area contributed by atoms with E-state index in [4.69, 9.17) is 10.5 Å². The maximum absolute atomic E-state index is 5.51. The lowest BCUT2D eigenvalue weighted by molar-refractivity contribution is 0.0368. The van der Waals surface area contributed by atoms with Crippen molar-refractivity contribution in [3.05, 3.63) is 21.9 Å². The first-order chi connectivity index (χ1) is 5.40. The summed E-state index contributed by atoms with van der Waals surface area (Å²) in [5.41, 5.74) is 6.94. The Morgan fingerprint density at radius 2 is 2.64 bits per heavy atom. The van der Waals surface area contributed by atoms with Crippen molar-refractivity contribution in [1.82, 2.24) is 0 Å². The monoisotopic (exact) mass is 169 g/mol. The Morgan fingerprint density at radius 1 is 1.73 bits per heavy atom. The van der Waals surface area contributed by atoms with Gasteiger partial charge in [0.05, 0.1) is 12.7 Å². The molecule has 1 aliphatic heterocycles. The molecule has 0 bridgehead atoms. The van der Waals surface area contributed by atoms with Gasteiger partial charge in [-0.15, -0.1) is 11.3 Å². The van der Waals surface area contributed by atoms with Crippen molar-refractivity contribution >= 4 is 11.3 Å². The van der Waals surface area contributed by atoms with Crippen LogP contribution in [0.3, 0.4) is 0 Å². The molecule has 0 aromatic carbocycles. The molecule has 60 valence electrons. The van der Waals surface area contributed by atoms with E-state index in [1.54, 1.807) is 11.3 Å². The van der Waals surface area contributed by atoms with E-state index in [1.807, 2.05) is 0 Å². The molecule has 0 radical (unpaired) electrons.